The van der Waals surface area contributed by atoms with Gasteiger partial charge in [0, 0.05) is 43.9 Å². The number of amides is 2. The molecule has 1 fully saturated rings. The van der Waals surface area contributed by atoms with E-state index < -0.39 is 0 Å². The highest BCUT2D eigenvalue weighted by Gasteiger charge is 2.27. The quantitative estimate of drug-likeness (QED) is 0.835. The number of piperazine rings is 1. The van der Waals surface area contributed by atoms with Gasteiger partial charge in [-0.3, -0.25) is 4.79 Å². The second-order valence-corrected chi connectivity index (χ2v) is 7.11. The Morgan fingerprint density at radius 1 is 1.07 bits per heavy atom. The molecule has 1 saturated heterocycles. The van der Waals surface area contributed by atoms with Crippen LogP contribution in [0.4, 0.5) is 10.6 Å². The summed E-state index contributed by atoms with van der Waals surface area (Å²) in [5.74, 6) is 0.951. The molecule has 1 aromatic carbocycles. The first-order valence-electron chi connectivity index (χ1n) is 9.90. The fourth-order valence-electron chi connectivity index (χ4n) is 3.11. The van der Waals surface area contributed by atoms with Gasteiger partial charge in [-0.2, -0.15) is 0 Å². The van der Waals surface area contributed by atoms with Crippen molar-refractivity contribution in [3.63, 3.8) is 0 Å². The Morgan fingerprint density at radius 2 is 1.72 bits per heavy atom. The van der Waals surface area contributed by atoms with E-state index in [9.17, 15) is 9.59 Å². The Bertz CT molecular complexity index is 849. The number of ether oxygens (including phenoxy) is 1. The second kappa shape index (κ2) is 9.36. The molecule has 29 heavy (non-hydrogen) atoms. The first kappa shape index (κ1) is 20.6. The SMILES string of the molecule is CCOC(=O)N1CCN(C(=O)c2cc(NC(C)C)nc(-c3ccccc3)n2)CC1. The van der Waals surface area contributed by atoms with Crippen LogP contribution in [0.15, 0.2) is 36.4 Å². The van der Waals surface area contributed by atoms with Gasteiger partial charge in [-0.1, -0.05) is 30.3 Å². The van der Waals surface area contributed by atoms with Gasteiger partial charge in [0.05, 0.1) is 6.61 Å². The molecule has 0 aliphatic carbocycles. The number of rotatable bonds is 5. The summed E-state index contributed by atoms with van der Waals surface area (Å²) in [6.07, 6.45) is -0.337. The van der Waals surface area contributed by atoms with E-state index in [1.54, 1.807) is 22.8 Å². The summed E-state index contributed by atoms with van der Waals surface area (Å²) < 4.78 is 5.03. The van der Waals surface area contributed by atoms with Crippen LogP contribution in [0.25, 0.3) is 11.4 Å². The minimum atomic E-state index is -0.337. The lowest BCUT2D eigenvalue weighted by atomic mass is 10.2. The smallest absolute Gasteiger partial charge is 0.409 e. The third-order valence-corrected chi connectivity index (χ3v) is 4.51. The van der Waals surface area contributed by atoms with Gasteiger partial charge in [0.15, 0.2) is 5.82 Å². The van der Waals surface area contributed by atoms with Crippen LogP contribution >= 0.6 is 0 Å². The summed E-state index contributed by atoms with van der Waals surface area (Å²) in [7, 11) is 0. The molecule has 0 bridgehead atoms. The van der Waals surface area contributed by atoms with E-state index in [1.165, 1.54) is 0 Å². The summed E-state index contributed by atoms with van der Waals surface area (Å²) >= 11 is 0. The first-order valence-corrected chi connectivity index (χ1v) is 9.90. The summed E-state index contributed by atoms with van der Waals surface area (Å²) in [6, 6.07) is 11.4. The van der Waals surface area contributed by atoms with Crippen molar-refractivity contribution in [2.24, 2.45) is 0 Å². The molecule has 0 radical (unpaired) electrons. The topological polar surface area (TPSA) is 87.7 Å². The lowest BCUT2D eigenvalue weighted by Crippen LogP contribution is -2.50. The van der Waals surface area contributed by atoms with Crippen molar-refractivity contribution < 1.29 is 14.3 Å². The van der Waals surface area contributed by atoms with Crippen LogP contribution in [0, 0.1) is 0 Å². The molecule has 2 amide bonds. The molecule has 1 aliphatic rings. The fraction of sp³-hybridized carbons (Fsp3) is 0.429. The number of hydrogen-bond acceptors (Lipinski definition) is 6. The monoisotopic (exact) mass is 397 g/mol. The van der Waals surface area contributed by atoms with Gasteiger partial charge in [-0.05, 0) is 20.8 Å². The molecule has 2 aromatic rings. The molecular formula is C21H27N5O3. The maximum Gasteiger partial charge on any atom is 0.409 e. The lowest BCUT2D eigenvalue weighted by Gasteiger charge is -2.33. The molecule has 0 unspecified atom stereocenters. The molecular weight excluding hydrogens is 370 g/mol. The van der Waals surface area contributed by atoms with Crippen LogP contribution < -0.4 is 5.32 Å². The predicted molar refractivity (Wildman–Crippen MR) is 111 cm³/mol. The van der Waals surface area contributed by atoms with Gasteiger partial charge in [0.1, 0.15) is 11.5 Å². The Kier molecular flexibility index (Phi) is 6.64. The maximum absolute atomic E-state index is 13.1. The van der Waals surface area contributed by atoms with E-state index in [2.05, 4.69) is 15.3 Å². The number of carbonyl (C=O) groups excluding carboxylic acids is 2. The van der Waals surface area contributed by atoms with Crippen LogP contribution in [0.2, 0.25) is 0 Å². The largest absolute Gasteiger partial charge is 0.450 e. The van der Waals surface area contributed by atoms with Gasteiger partial charge in [-0.15, -0.1) is 0 Å². The van der Waals surface area contributed by atoms with Gasteiger partial charge < -0.3 is 19.9 Å². The molecule has 0 atom stereocenters. The lowest BCUT2D eigenvalue weighted by molar-refractivity contribution is 0.0566. The van der Waals surface area contributed by atoms with Crippen molar-refractivity contribution in [3.8, 4) is 11.4 Å². The Morgan fingerprint density at radius 3 is 2.34 bits per heavy atom. The average Bonchev–Trinajstić information content (AvgIpc) is 2.73. The van der Waals surface area contributed by atoms with Crippen molar-refractivity contribution in [2.45, 2.75) is 26.8 Å². The van der Waals surface area contributed by atoms with Crippen LogP contribution in [0.5, 0.6) is 0 Å². The van der Waals surface area contributed by atoms with Gasteiger partial charge >= 0.3 is 6.09 Å². The third-order valence-electron chi connectivity index (χ3n) is 4.51. The molecule has 2 heterocycles. The van der Waals surface area contributed by atoms with Crippen molar-refractivity contribution >= 4 is 17.8 Å². The van der Waals surface area contributed by atoms with E-state index >= 15 is 0 Å². The summed E-state index contributed by atoms with van der Waals surface area (Å²) in [6.45, 7) is 7.91. The molecule has 8 heteroatoms. The van der Waals surface area contributed by atoms with Crippen LogP contribution in [0.3, 0.4) is 0 Å². The zero-order valence-corrected chi connectivity index (χ0v) is 17.1. The third kappa shape index (κ3) is 5.22. The Balaban J connectivity index is 1.80. The fourth-order valence-corrected chi connectivity index (χ4v) is 3.11. The summed E-state index contributed by atoms with van der Waals surface area (Å²) in [5.41, 5.74) is 1.19. The van der Waals surface area contributed by atoms with Gasteiger partial charge in [-0.25, -0.2) is 14.8 Å². The number of carbonyl (C=O) groups is 2. The molecule has 1 aliphatic heterocycles. The summed E-state index contributed by atoms with van der Waals surface area (Å²) in [5, 5.41) is 3.26. The number of benzene rings is 1. The maximum atomic E-state index is 13.1. The molecule has 0 spiro atoms. The van der Waals surface area contributed by atoms with E-state index in [-0.39, 0.29) is 18.0 Å². The zero-order chi connectivity index (χ0) is 20.8. The Hall–Kier alpha value is -3.16. The van der Waals surface area contributed by atoms with E-state index in [1.807, 2.05) is 44.2 Å². The molecule has 154 valence electrons. The van der Waals surface area contributed by atoms with E-state index in [4.69, 9.17) is 4.74 Å². The van der Waals surface area contributed by atoms with E-state index in [0.717, 1.165) is 5.56 Å². The summed E-state index contributed by atoms with van der Waals surface area (Å²) in [4.78, 5) is 37.4. The number of anilines is 1. The number of aromatic nitrogens is 2. The number of nitrogens with zero attached hydrogens (tertiary/aromatic N) is 4. The van der Waals surface area contributed by atoms with E-state index in [0.29, 0.717) is 50.1 Å². The van der Waals surface area contributed by atoms with Crippen LogP contribution in [-0.4, -0.2) is 70.6 Å². The molecule has 0 saturated carbocycles. The standard InChI is InChI=1S/C21H27N5O3/c1-4-29-21(28)26-12-10-25(11-13-26)20(27)17-14-18(22-15(2)3)24-19(23-17)16-8-6-5-7-9-16/h5-9,14-15H,4,10-13H2,1-3H3,(H,22,23,24). The normalized spacial score (nSPS) is 14.1. The zero-order valence-electron chi connectivity index (χ0n) is 17.1. The molecule has 1 aromatic heterocycles. The minimum Gasteiger partial charge on any atom is -0.450 e. The average molecular weight is 397 g/mol. The highest BCUT2D eigenvalue weighted by atomic mass is 16.6. The second-order valence-electron chi connectivity index (χ2n) is 7.11. The molecule has 3 rings (SSSR count). The molecule has 1 N–H and O–H groups in total. The van der Waals surface area contributed by atoms with Crippen molar-refractivity contribution in [3.05, 3.63) is 42.1 Å². The first-order chi connectivity index (χ1) is 14.0. The minimum absolute atomic E-state index is 0.167. The van der Waals surface area contributed by atoms with Gasteiger partial charge in [0.25, 0.3) is 5.91 Å². The van der Waals surface area contributed by atoms with Crippen LogP contribution in [-0.2, 0) is 4.74 Å². The van der Waals surface area contributed by atoms with Gasteiger partial charge in [0.2, 0.25) is 0 Å². The van der Waals surface area contributed by atoms with Crippen molar-refractivity contribution in [1.82, 2.24) is 19.8 Å². The predicted octanol–water partition coefficient (Wildman–Crippen LogP) is 2.88. The highest BCUT2D eigenvalue weighted by molar-refractivity contribution is 5.93. The Labute approximate surface area is 170 Å². The number of nitrogens with one attached hydrogen (secondary N) is 1. The van der Waals surface area contributed by atoms with Crippen LogP contribution in [0.1, 0.15) is 31.3 Å². The van der Waals surface area contributed by atoms with Crippen molar-refractivity contribution in [2.75, 3.05) is 38.1 Å². The molecule has 8 nitrogen and oxygen atoms in total. The number of hydrogen-bond donors (Lipinski definition) is 1. The van der Waals surface area contributed by atoms with Crippen molar-refractivity contribution in [1.29, 1.82) is 0 Å². The highest BCUT2D eigenvalue weighted by Crippen LogP contribution is 2.20.